The third-order valence-electron chi connectivity index (χ3n) is 4.73. The quantitative estimate of drug-likeness (QED) is 0.701. The van der Waals surface area contributed by atoms with Crippen molar-refractivity contribution in [2.45, 2.75) is 25.7 Å². The molecule has 2 aromatic rings. The first-order valence-corrected chi connectivity index (χ1v) is 9.26. The van der Waals surface area contributed by atoms with E-state index in [-0.39, 0.29) is 0 Å². The number of aryl methyl sites for hydroxylation is 2. The third kappa shape index (κ3) is 2.98. The summed E-state index contributed by atoms with van der Waals surface area (Å²) in [6.07, 6.45) is 6.12. The first kappa shape index (κ1) is 15.4. The number of aromatic nitrogens is 1. The van der Waals surface area contributed by atoms with Crippen molar-refractivity contribution in [2.24, 2.45) is 0 Å². The van der Waals surface area contributed by atoms with Crippen molar-refractivity contribution < 1.29 is 0 Å². The number of hydrogen-bond acceptors (Lipinski definition) is 2. The van der Waals surface area contributed by atoms with E-state index in [9.17, 15) is 0 Å². The van der Waals surface area contributed by atoms with Crippen LogP contribution in [0.5, 0.6) is 0 Å². The normalized spacial score (nSPS) is 17.5. The van der Waals surface area contributed by atoms with Crippen LogP contribution in [-0.4, -0.2) is 18.1 Å². The molecule has 4 heteroatoms. The van der Waals surface area contributed by atoms with Gasteiger partial charge in [0, 0.05) is 21.3 Å². The molecule has 2 heterocycles. The van der Waals surface area contributed by atoms with Gasteiger partial charge in [-0.25, -0.2) is 0 Å². The fraction of sp³-hybridized carbons (Fsp3) is 0.316. The molecule has 1 saturated heterocycles. The Morgan fingerprint density at radius 2 is 1.78 bits per heavy atom. The van der Waals surface area contributed by atoms with E-state index in [1.807, 2.05) is 12.3 Å². The Bertz CT molecular complexity index is 734. The topological polar surface area (TPSA) is 24.9 Å². The summed E-state index contributed by atoms with van der Waals surface area (Å²) in [5.41, 5.74) is 8.01. The summed E-state index contributed by atoms with van der Waals surface area (Å²) >= 11 is 9.82. The largest absolute Gasteiger partial charge is 0.316 e. The second-order valence-corrected chi connectivity index (χ2v) is 7.54. The minimum atomic E-state index is 0.818. The molecule has 1 fully saturated rings. The van der Waals surface area contributed by atoms with Crippen LogP contribution in [0, 0.1) is 0 Å². The van der Waals surface area contributed by atoms with Crippen LogP contribution in [0.25, 0.3) is 5.57 Å². The molecule has 0 unspecified atom stereocenters. The molecule has 0 radical (unpaired) electrons. The van der Waals surface area contributed by atoms with Gasteiger partial charge in [-0.05, 0) is 89.6 Å². The molecule has 0 spiro atoms. The molecule has 1 aromatic heterocycles. The first-order valence-electron chi connectivity index (χ1n) is 8.09. The lowest BCUT2D eigenvalue weighted by Gasteiger charge is -2.22. The van der Waals surface area contributed by atoms with Gasteiger partial charge in [0.25, 0.3) is 0 Å². The first-order chi connectivity index (χ1) is 11.2. The van der Waals surface area contributed by atoms with Crippen LogP contribution in [0.2, 0.25) is 5.02 Å². The van der Waals surface area contributed by atoms with Gasteiger partial charge in [0.15, 0.2) is 0 Å². The van der Waals surface area contributed by atoms with Crippen LogP contribution in [0.3, 0.4) is 0 Å². The van der Waals surface area contributed by atoms with Crippen LogP contribution < -0.4 is 5.32 Å². The molecule has 1 N–H and O–H groups in total. The lowest BCUT2D eigenvalue weighted by Crippen LogP contribution is -2.24. The Labute approximate surface area is 150 Å². The van der Waals surface area contributed by atoms with E-state index >= 15 is 0 Å². The summed E-state index contributed by atoms with van der Waals surface area (Å²) < 4.78 is 1.05. The molecular formula is C19H18BrClN2. The predicted octanol–water partition coefficient (Wildman–Crippen LogP) is 4.78. The van der Waals surface area contributed by atoms with Crippen molar-refractivity contribution in [1.82, 2.24) is 10.3 Å². The SMILES string of the molecule is Clc1ccc2c(c1)CCc1cc(Br)cnc1C2=C1CCNCC1. The van der Waals surface area contributed by atoms with E-state index in [4.69, 9.17) is 16.6 Å². The molecule has 2 nitrogen and oxygen atoms in total. The molecule has 4 rings (SSSR count). The molecule has 1 aromatic carbocycles. The Hall–Kier alpha value is -1.16. The van der Waals surface area contributed by atoms with Crippen molar-refractivity contribution in [3.63, 3.8) is 0 Å². The highest BCUT2D eigenvalue weighted by Crippen LogP contribution is 2.38. The Morgan fingerprint density at radius 3 is 2.61 bits per heavy atom. The highest BCUT2D eigenvalue weighted by atomic mass is 79.9. The number of hydrogen-bond donors (Lipinski definition) is 1. The highest BCUT2D eigenvalue weighted by molar-refractivity contribution is 9.10. The van der Waals surface area contributed by atoms with Crippen LogP contribution in [0.4, 0.5) is 0 Å². The predicted molar refractivity (Wildman–Crippen MR) is 98.9 cm³/mol. The minimum absolute atomic E-state index is 0.818. The maximum absolute atomic E-state index is 6.25. The summed E-state index contributed by atoms with van der Waals surface area (Å²) in [4.78, 5) is 4.80. The lowest BCUT2D eigenvalue weighted by molar-refractivity contribution is 0.611. The van der Waals surface area contributed by atoms with Gasteiger partial charge in [-0.2, -0.15) is 0 Å². The third-order valence-corrected chi connectivity index (χ3v) is 5.40. The molecule has 0 saturated carbocycles. The van der Waals surface area contributed by atoms with Crippen molar-refractivity contribution in [3.8, 4) is 0 Å². The zero-order valence-electron chi connectivity index (χ0n) is 12.8. The fourth-order valence-corrected chi connectivity index (χ4v) is 4.22. The van der Waals surface area contributed by atoms with Crippen LogP contribution in [0.15, 0.2) is 40.5 Å². The average molecular weight is 390 g/mol. The maximum atomic E-state index is 6.25. The maximum Gasteiger partial charge on any atom is 0.0740 e. The van der Waals surface area contributed by atoms with Gasteiger partial charge in [0.2, 0.25) is 0 Å². The number of pyridine rings is 1. The average Bonchev–Trinajstić information content (AvgIpc) is 2.72. The number of halogens is 2. The number of fused-ring (bicyclic) bond motifs is 2. The number of benzene rings is 1. The van der Waals surface area contributed by atoms with Crippen molar-refractivity contribution in [2.75, 3.05) is 13.1 Å². The molecule has 2 aliphatic rings. The van der Waals surface area contributed by atoms with Gasteiger partial charge < -0.3 is 5.32 Å². The van der Waals surface area contributed by atoms with E-state index in [1.165, 1.54) is 27.8 Å². The lowest BCUT2D eigenvalue weighted by atomic mass is 9.89. The zero-order valence-corrected chi connectivity index (χ0v) is 15.2. The number of piperidine rings is 1. The Balaban J connectivity index is 1.98. The monoisotopic (exact) mass is 388 g/mol. The fourth-order valence-electron chi connectivity index (χ4n) is 3.64. The number of nitrogens with zero attached hydrogens (tertiary/aromatic N) is 1. The highest BCUT2D eigenvalue weighted by Gasteiger charge is 2.23. The van der Waals surface area contributed by atoms with Gasteiger partial charge in [0.05, 0.1) is 5.69 Å². The van der Waals surface area contributed by atoms with Crippen LogP contribution in [-0.2, 0) is 12.8 Å². The van der Waals surface area contributed by atoms with E-state index in [0.717, 1.165) is 54.0 Å². The van der Waals surface area contributed by atoms with Gasteiger partial charge in [-0.15, -0.1) is 0 Å². The zero-order chi connectivity index (χ0) is 15.8. The van der Waals surface area contributed by atoms with E-state index in [1.54, 1.807) is 0 Å². The van der Waals surface area contributed by atoms with Crippen molar-refractivity contribution >= 4 is 33.1 Å². The Morgan fingerprint density at radius 1 is 1.00 bits per heavy atom. The molecule has 118 valence electrons. The van der Waals surface area contributed by atoms with Crippen LogP contribution in [0.1, 0.15) is 35.2 Å². The number of rotatable bonds is 0. The molecular weight excluding hydrogens is 372 g/mol. The van der Waals surface area contributed by atoms with Crippen molar-refractivity contribution in [1.29, 1.82) is 0 Å². The molecule has 1 aliphatic carbocycles. The van der Waals surface area contributed by atoms with Gasteiger partial charge >= 0.3 is 0 Å². The van der Waals surface area contributed by atoms with Gasteiger partial charge in [-0.3, -0.25) is 4.98 Å². The summed E-state index contributed by atoms with van der Waals surface area (Å²) in [5, 5.41) is 4.27. The summed E-state index contributed by atoms with van der Waals surface area (Å²) in [6, 6.07) is 8.53. The summed E-state index contributed by atoms with van der Waals surface area (Å²) in [5.74, 6) is 0. The number of nitrogens with one attached hydrogen (secondary N) is 1. The smallest absolute Gasteiger partial charge is 0.0740 e. The molecule has 0 atom stereocenters. The Kier molecular flexibility index (Phi) is 4.27. The summed E-state index contributed by atoms with van der Waals surface area (Å²) in [7, 11) is 0. The molecule has 0 bridgehead atoms. The van der Waals surface area contributed by atoms with Gasteiger partial charge in [0.1, 0.15) is 0 Å². The van der Waals surface area contributed by atoms with E-state index in [2.05, 4.69) is 39.4 Å². The molecule has 23 heavy (non-hydrogen) atoms. The van der Waals surface area contributed by atoms with Crippen molar-refractivity contribution in [3.05, 3.63) is 67.9 Å². The second kappa shape index (κ2) is 6.39. The van der Waals surface area contributed by atoms with Gasteiger partial charge in [-0.1, -0.05) is 23.2 Å². The molecule has 1 aliphatic heterocycles. The van der Waals surface area contributed by atoms with E-state index in [0.29, 0.717) is 0 Å². The second-order valence-electron chi connectivity index (χ2n) is 6.19. The van der Waals surface area contributed by atoms with E-state index < -0.39 is 0 Å². The van der Waals surface area contributed by atoms with Crippen LogP contribution >= 0.6 is 27.5 Å². The molecule has 0 amide bonds. The standard InChI is InChI=1S/C19H18BrClN2/c20-15-9-14-2-1-13-10-16(21)3-4-17(13)18(19(14)23-11-15)12-5-7-22-8-6-12/h3-4,9-11,22H,1-2,5-8H2. The minimum Gasteiger partial charge on any atom is -0.316 e. The summed E-state index contributed by atoms with van der Waals surface area (Å²) in [6.45, 7) is 2.10.